The van der Waals surface area contributed by atoms with E-state index >= 15 is 0 Å². The fourth-order valence-corrected chi connectivity index (χ4v) is 12.7. The van der Waals surface area contributed by atoms with Gasteiger partial charge in [-0.3, -0.25) is 23.4 Å². The first-order chi connectivity index (χ1) is 45.3. The Balaban J connectivity index is 1.75. The molecule has 0 bridgehead atoms. The van der Waals surface area contributed by atoms with E-state index in [0.717, 1.165) is 109 Å². The van der Waals surface area contributed by atoms with E-state index in [9.17, 15) is 74.9 Å². The number of phosphoric ester groups is 1. The molecule has 0 radical (unpaired) electrons. The highest BCUT2D eigenvalue weighted by Crippen LogP contribution is 2.49. The number of aliphatic hydroxyl groups is 10. The second-order valence-corrected chi connectivity index (χ2v) is 27.4. The molecule has 2 aliphatic heterocycles. The Labute approximate surface area is 560 Å². The second-order valence-electron chi connectivity index (χ2n) is 25.9. The second kappa shape index (κ2) is 51.6. The third-order valence-corrected chi connectivity index (χ3v) is 18.7. The van der Waals surface area contributed by atoms with Crippen LogP contribution >= 0.6 is 7.82 Å². The lowest BCUT2D eigenvalue weighted by atomic mass is 9.84. The van der Waals surface area contributed by atoms with Crippen LogP contribution in [0.1, 0.15) is 265 Å². The van der Waals surface area contributed by atoms with Gasteiger partial charge in [0.2, 0.25) is 0 Å². The molecule has 18 atom stereocenters. The van der Waals surface area contributed by atoms with E-state index < -0.39 is 156 Å². The summed E-state index contributed by atoms with van der Waals surface area (Å²) in [5.74, 6) is -2.01. The molecule has 0 spiro atoms. The van der Waals surface area contributed by atoms with E-state index in [0.29, 0.717) is 25.7 Å². The highest BCUT2D eigenvalue weighted by molar-refractivity contribution is 7.47. The molecule has 25 heteroatoms. The van der Waals surface area contributed by atoms with E-state index in [1.165, 1.54) is 89.9 Å². The van der Waals surface area contributed by atoms with Crippen LogP contribution in [0, 0.1) is 0 Å². The normalized spacial score (nSPS) is 28.4. The topological polar surface area (TPSA) is 374 Å². The Morgan fingerprint density at radius 3 is 1.17 bits per heavy atom. The lowest BCUT2D eigenvalue weighted by Crippen LogP contribution is -2.69. The van der Waals surface area contributed by atoms with Crippen LogP contribution in [0.25, 0.3) is 0 Å². The van der Waals surface area contributed by atoms with Gasteiger partial charge in [-0.25, -0.2) is 4.57 Å². The van der Waals surface area contributed by atoms with Gasteiger partial charge in [0.25, 0.3) is 0 Å². The number of hydrogen-bond acceptors (Lipinski definition) is 23. The average molecular weight is 1370 g/mol. The van der Waals surface area contributed by atoms with Crippen molar-refractivity contribution in [1.82, 2.24) is 0 Å². The monoisotopic (exact) mass is 1370 g/mol. The highest BCUT2D eigenvalue weighted by Gasteiger charge is 2.58. The molecule has 3 fully saturated rings. The molecule has 24 nitrogen and oxygen atoms in total. The number of hydrogen-bond donors (Lipinski definition) is 11. The number of carbonyl (C=O) groups excluding carboxylic acids is 3. The van der Waals surface area contributed by atoms with Gasteiger partial charge in [-0.15, -0.1) is 0 Å². The van der Waals surface area contributed by atoms with Crippen LogP contribution in [-0.2, 0) is 61.2 Å². The summed E-state index contributed by atoms with van der Waals surface area (Å²) in [5.41, 5.74) is 0. The molecular formula is C69H125O24P. The van der Waals surface area contributed by atoms with E-state index in [2.05, 4.69) is 45.1 Å². The molecule has 11 N–H and O–H groups in total. The van der Waals surface area contributed by atoms with Gasteiger partial charge >= 0.3 is 25.7 Å². The fourth-order valence-electron chi connectivity index (χ4n) is 11.7. The molecule has 1 aliphatic carbocycles. The minimum atomic E-state index is -5.69. The van der Waals surface area contributed by atoms with Crippen LogP contribution < -0.4 is 0 Å². The summed E-state index contributed by atoms with van der Waals surface area (Å²) in [6.07, 6.45) is 9.86. The van der Waals surface area contributed by atoms with Gasteiger partial charge in [-0.05, 0) is 70.6 Å². The molecule has 3 rings (SSSR count). The summed E-state index contributed by atoms with van der Waals surface area (Å²) in [5, 5.41) is 110. The van der Waals surface area contributed by atoms with Crippen LogP contribution in [0.4, 0.5) is 0 Å². The standard InChI is InChI=1S/C69H125O24P/c1-4-7-10-13-16-19-22-24-25-27-29-32-35-38-41-44-54(72)86-49-52-57(75)59(77)64(82)69(90-52)92-66-62(80)60(78)61(79)65(91-68-63(81)58(76)56(74)51(46-70)89-68)67(66)93-94(83,84)87-48-50(47-85-53(71)43-40-37-34-31-28-21-18-15-12-9-6-3)88-55(73)45-42-39-36-33-30-26-23-20-17-14-11-8-5-2/h19,22,26,30,50-52,56-70,74-82H,4-18,20-21,23-25,27-29,31-49H2,1-3H3,(H,83,84)/b22-19-,30-26-. The zero-order valence-corrected chi connectivity index (χ0v) is 57.9. The van der Waals surface area contributed by atoms with Crippen molar-refractivity contribution < 1.29 is 117 Å². The van der Waals surface area contributed by atoms with Crippen molar-refractivity contribution in [1.29, 1.82) is 0 Å². The van der Waals surface area contributed by atoms with Crippen molar-refractivity contribution >= 4 is 25.7 Å². The first-order valence-electron chi connectivity index (χ1n) is 36.1. The third-order valence-electron chi connectivity index (χ3n) is 17.7. The number of aliphatic hydroxyl groups excluding tert-OH is 10. The number of unbranched alkanes of at least 4 members (excludes halogenated alkanes) is 30. The lowest BCUT2D eigenvalue weighted by molar-refractivity contribution is -0.360. The van der Waals surface area contributed by atoms with Gasteiger partial charge < -0.3 is 89.1 Å². The maximum atomic E-state index is 14.3. The van der Waals surface area contributed by atoms with Crippen LogP contribution in [0.5, 0.6) is 0 Å². The summed E-state index contributed by atoms with van der Waals surface area (Å²) in [6, 6.07) is 0. The van der Waals surface area contributed by atoms with Crippen molar-refractivity contribution in [2.24, 2.45) is 0 Å². The quantitative estimate of drug-likeness (QED) is 0.00889. The number of phosphoric acid groups is 1. The minimum absolute atomic E-state index is 0.0229. The van der Waals surface area contributed by atoms with Gasteiger partial charge in [-0.1, -0.05) is 199 Å². The first-order valence-corrected chi connectivity index (χ1v) is 37.6. The largest absolute Gasteiger partial charge is 0.472 e. The number of allylic oxidation sites excluding steroid dienone is 4. The minimum Gasteiger partial charge on any atom is -0.463 e. The van der Waals surface area contributed by atoms with E-state index in [4.69, 9.17) is 42.2 Å². The molecule has 2 saturated heterocycles. The van der Waals surface area contributed by atoms with Crippen LogP contribution in [0.3, 0.4) is 0 Å². The Morgan fingerprint density at radius 2 is 0.745 bits per heavy atom. The number of ether oxygens (including phenoxy) is 7. The Morgan fingerprint density at radius 1 is 0.404 bits per heavy atom. The van der Waals surface area contributed by atoms with Crippen molar-refractivity contribution in [3.63, 3.8) is 0 Å². The van der Waals surface area contributed by atoms with Gasteiger partial charge in [0, 0.05) is 19.3 Å². The molecular weight excluding hydrogens is 1240 g/mol. The molecule has 2 heterocycles. The predicted octanol–water partition coefficient (Wildman–Crippen LogP) is 8.96. The smallest absolute Gasteiger partial charge is 0.463 e. The van der Waals surface area contributed by atoms with Gasteiger partial charge in [0.1, 0.15) is 98.7 Å². The summed E-state index contributed by atoms with van der Waals surface area (Å²) in [4.78, 5) is 50.8. The van der Waals surface area contributed by atoms with Gasteiger partial charge in [0.15, 0.2) is 18.7 Å². The molecule has 0 aromatic heterocycles. The van der Waals surface area contributed by atoms with Crippen LogP contribution in [0.15, 0.2) is 24.3 Å². The molecule has 550 valence electrons. The zero-order chi connectivity index (χ0) is 68.9. The van der Waals surface area contributed by atoms with Crippen molar-refractivity contribution in [3.8, 4) is 0 Å². The Bertz CT molecular complexity index is 2050. The summed E-state index contributed by atoms with van der Waals surface area (Å²) in [7, 11) is -5.69. The third kappa shape index (κ3) is 35.0. The molecule has 94 heavy (non-hydrogen) atoms. The molecule has 1 saturated carbocycles. The predicted molar refractivity (Wildman–Crippen MR) is 351 cm³/mol. The molecule has 18 unspecified atom stereocenters. The lowest BCUT2D eigenvalue weighted by Gasteiger charge is -2.49. The maximum Gasteiger partial charge on any atom is 0.472 e. The van der Waals surface area contributed by atoms with Gasteiger partial charge in [0.05, 0.1) is 13.2 Å². The Hall–Kier alpha value is -2.56. The zero-order valence-electron chi connectivity index (χ0n) is 57.0. The van der Waals surface area contributed by atoms with E-state index in [1.807, 2.05) is 0 Å². The van der Waals surface area contributed by atoms with E-state index in [-0.39, 0.29) is 19.3 Å². The molecule has 0 aromatic carbocycles. The van der Waals surface area contributed by atoms with Crippen molar-refractivity contribution in [3.05, 3.63) is 24.3 Å². The molecule has 0 amide bonds. The van der Waals surface area contributed by atoms with E-state index in [1.54, 1.807) is 0 Å². The SMILES string of the molecule is CCCCCC/C=C\CCCCCCCCCC(=O)OCC1OC(OC2C(O)C(O)C(O)C(OC3OC(CO)C(O)C(O)C3O)C2OP(=O)(O)OCC(COC(=O)CCCCCCCCCCCCC)OC(=O)CCCCC/C=C\CCCCCCCC)C(O)C(O)C1O. The maximum absolute atomic E-state index is 14.3. The fraction of sp³-hybridized carbons (Fsp3) is 0.899. The number of carbonyl (C=O) groups is 3. The summed E-state index contributed by atoms with van der Waals surface area (Å²) < 4.78 is 64.8. The molecule has 0 aromatic rings. The first kappa shape index (κ1) is 85.7. The summed E-state index contributed by atoms with van der Waals surface area (Å²) >= 11 is 0. The van der Waals surface area contributed by atoms with Gasteiger partial charge in [-0.2, -0.15) is 0 Å². The van der Waals surface area contributed by atoms with Crippen LogP contribution in [0.2, 0.25) is 0 Å². The van der Waals surface area contributed by atoms with Crippen molar-refractivity contribution in [2.45, 2.75) is 369 Å². The highest BCUT2D eigenvalue weighted by atomic mass is 31.2. The van der Waals surface area contributed by atoms with Crippen molar-refractivity contribution in [2.75, 3.05) is 26.4 Å². The van der Waals surface area contributed by atoms with Crippen LogP contribution in [-0.4, -0.2) is 204 Å². The Kier molecular flexibility index (Phi) is 47.0. The number of esters is 3. The average Bonchev–Trinajstić information content (AvgIpc) is 0.767. The number of rotatable bonds is 55. The molecule has 3 aliphatic rings. The summed E-state index contributed by atoms with van der Waals surface area (Å²) in [6.45, 7) is 3.37.